The van der Waals surface area contributed by atoms with Crippen molar-refractivity contribution < 1.29 is 28.5 Å². The number of para-hydroxylation sites is 1. The third-order valence-electron chi connectivity index (χ3n) is 4.66. The van der Waals surface area contributed by atoms with E-state index in [1.807, 2.05) is 18.2 Å². The summed E-state index contributed by atoms with van der Waals surface area (Å²) in [7, 11) is 3.12. The van der Waals surface area contributed by atoms with E-state index < -0.39 is 11.4 Å². The number of hydrogen-bond donors (Lipinski definition) is 0. The van der Waals surface area contributed by atoms with Crippen LogP contribution < -0.4 is 14.2 Å². The largest absolute Gasteiger partial charge is 0.493 e. The van der Waals surface area contributed by atoms with E-state index in [9.17, 15) is 9.59 Å². The summed E-state index contributed by atoms with van der Waals surface area (Å²) in [5.41, 5.74) is 0.354. The van der Waals surface area contributed by atoms with Crippen molar-refractivity contribution in [3.05, 3.63) is 53.6 Å². The number of rotatable bonds is 6. The molecule has 0 saturated carbocycles. The van der Waals surface area contributed by atoms with E-state index >= 15 is 0 Å². The second-order valence-corrected chi connectivity index (χ2v) is 6.54. The summed E-state index contributed by atoms with van der Waals surface area (Å²) in [5.74, 6) is 1.19. The lowest BCUT2D eigenvalue weighted by atomic mass is 9.75. The number of hydrogen-bond acceptors (Lipinski definition) is 6. The topological polar surface area (TPSA) is 71.1 Å². The Morgan fingerprint density at radius 3 is 2.56 bits per heavy atom. The first kappa shape index (κ1) is 18.8. The molecule has 0 saturated heterocycles. The number of methoxy groups -OCH3 is 2. The lowest BCUT2D eigenvalue weighted by Crippen LogP contribution is -2.46. The van der Waals surface area contributed by atoms with Crippen LogP contribution in [0.25, 0.3) is 0 Å². The van der Waals surface area contributed by atoms with Crippen molar-refractivity contribution in [3.63, 3.8) is 0 Å². The van der Waals surface area contributed by atoms with E-state index in [0.717, 1.165) is 5.56 Å². The molecule has 27 heavy (non-hydrogen) atoms. The molecule has 0 amide bonds. The van der Waals surface area contributed by atoms with Gasteiger partial charge in [-0.2, -0.15) is 0 Å². The summed E-state index contributed by atoms with van der Waals surface area (Å²) in [6.07, 6.45) is 0.341. The predicted molar refractivity (Wildman–Crippen MR) is 98.6 cm³/mol. The molecule has 3 rings (SSSR count). The Morgan fingerprint density at radius 2 is 1.85 bits per heavy atom. The summed E-state index contributed by atoms with van der Waals surface area (Å²) in [6.45, 7) is 1.40. The van der Waals surface area contributed by atoms with Crippen molar-refractivity contribution in [2.75, 3.05) is 27.4 Å². The van der Waals surface area contributed by atoms with Gasteiger partial charge in [-0.05, 0) is 36.2 Å². The van der Waals surface area contributed by atoms with Gasteiger partial charge in [-0.25, -0.2) is 0 Å². The number of benzene rings is 2. The summed E-state index contributed by atoms with van der Waals surface area (Å²) < 4.78 is 21.7. The Morgan fingerprint density at radius 1 is 1.11 bits per heavy atom. The van der Waals surface area contributed by atoms with Gasteiger partial charge in [0.25, 0.3) is 0 Å². The molecule has 1 aliphatic rings. The highest BCUT2D eigenvalue weighted by atomic mass is 16.5. The summed E-state index contributed by atoms with van der Waals surface area (Å²) in [4.78, 5) is 24.7. The van der Waals surface area contributed by atoms with Crippen molar-refractivity contribution in [2.24, 2.45) is 5.41 Å². The molecule has 0 radical (unpaired) electrons. The van der Waals surface area contributed by atoms with E-state index in [-0.39, 0.29) is 19.0 Å². The van der Waals surface area contributed by atoms with Crippen LogP contribution >= 0.6 is 0 Å². The third kappa shape index (κ3) is 3.74. The van der Waals surface area contributed by atoms with E-state index in [0.29, 0.717) is 29.2 Å². The maximum atomic E-state index is 13.3. The van der Waals surface area contributed by atoms with Crippen LogP contribution in [0.3, 0.4) is 0 Å². The van der Waals surface area contributed by atoms with Crippen molar-refractivity contribution in [2.45, 2.75) is 13.3 Å². The van der Waals surface area contributed by atoms with Gasteiger partial charge in [0.2, 0.25) is 0 Å². The Bertz CT molecular complexity index is 860. The van der Waals surface area contributed by atoms with Gasteiger partial charge in [0.1, 0.15) is 24.4 Å². The quantitative estimate of drug-likeness (QED) is 0.728. The summed E-state index contributed by atoms with van der Waals surface area (Å²) in [6, 6.07) is 12.6. The van der Waals surface area contributed by atoms with Crippen LogP contribution in [0.1, 0.15) is 22.8 Å². The number of ketones is 1. The first-order chi connectivity index (χ1) is 13.0. The fraction of sp³-hybridized carbons (Fsp3) is 0.333. The van der Waals surface area contributed by atoms with Gasteiger partial charge in [0.15, 0.2) is 17.3 Å². The molecule has 1 unspecified atom stereocenters. The van der Waals surface area contributed by atoms with Crippen LogP contribution in [-0.4, -0.2) is 39.2 Å². The lowest BCUT2D eigenvalue weighted by Gasteiger charge is -2.36. The van der Waals surface area contributed by atoms with Gasteiger partial charge in [-0.15, -0.1) is 0 Å². The second-order valence-electron chi connectivity index (χ2n) is 6.54. The summed E-state index contributed by atoms with van der Waals surface area (Å²) >= 11 is 0. The van der Waals surface area contributed by atoms with E-state index in [1.165, 1.54) is 6.92 Å². The van der Waals surface area contributed by atoms with Crippen LogP contribution in [0, 0.1) is 5.41 Å². The minimum atomic E-state index is -1.00. The number of esters is 1. The Balaban J connectivity index is 1.97. The van der Waals surface area contributed by atoms with Crippen molar-refractivity contribution in [3.8, 4) is 17.2 Å². The SMILES string of the molecule is COc1ccc(CC2(COC(C)=O)COc3ccccc3C2=O)cc1OC. The highest BCUT2D eigenvalue weighted by molar-refractivity contribution is 6.04. The zero-order valence-corrected chi connectivity index (χ0v) is 15.6. The highest BCUT2D eigenvalue weighted by Crippen LogP contribution is 2.38. The van der Waals surface area contributed by atoms with Crippen LogP contribution in [0.5, 0.6) is 17.2 Å². The predicted octanol–water partition coefficient (Wildman–Crippen LogP) is 3.07. The number of Topliss-reactive ketones (excluding diaryl/α,β-unsaturated/α-hetero) is 1. The first-order valence-corrected chi connectivity index (χ1v) is 8.60. The Kier molecular flexibility index (Phi) is 5.35. The molecule has 1 aliphatic heterocycles. The Labute approximate surface area is 158 Å². The molecule has 6 heteroatoms. The second kappa shape index (κ2) is 7.70. The number of carbonyl (C=O) groups excluding carboxylic acids is 2. The van der Waals surface area contributed by atoms with Crippen LogP contribution in [0.4, 0.5) is 0 Å². The van der Waals surface area contributed by atoms with Gasteiger partial charge < -0.3 is 18.9 Å². The molecule has 2 aromatic carbocycles. The van der Waals surface area contributed by atoms with Crippen LogP contribution in [-0.2, 0) is 16.0 Å². The van der Waals surface area contributed by atoms with Gasteiger partial charge in [0.05, 0.1) is 19.8 Å². The van der Waals surface area contributed by atoms with E-state index in [2.05, 4.69) is 0 Å². The molecule has 6 nitrogen and oxygen atoms in total. The molecule has 0 N–H and O–H groups in total. The summed E-state index contributed by atoms with van der Waals surface area (Å²) in [5, 5.41) is 0. The number of fused-ring (bicyclic) bond motifs is 1. The molecule has 0 aromatic heterocycles. The standard InChI is InChI=1S/C21H22O6/c1-14(22)26-12-21(11-15-8-9-18(24-2)19(10-15)25-3)13-27-17-7-5-4-6-16(17)20(21)23/h4-10H,11-13H2,1-3H3. The fourth-order valence-electron chi connectivity index (χ4n) is 3.26. The number of ether oxygens (including phenoxy) is 4. The normalized spacial score (nSPS) is 18.3. The van der Waals surface area contributed by atoms with E-state index in [1.54, 1.807) is 38.5 Å². The molecule has 0 spiro atoms. The molecule has 142 valence electrons. The molecule has 1 atom stereocenters. The minimum absolute atomic E-state index is 0.0517. The van der Waals surface area contributed by atoms with Crippen molar-refractivity contribution in [1.82, 2.24) is 0 Å². The fourth-order valence-corrected chi connectivity index (χ4v) is 3.26. The first-order valence-electron chi connectivity index (χ1n) is 8.60. The van der Waals surface area contributed by atoms with E-state index in [4.69, 9.17) is 18.9 Å². The van der Waals surface area contributed by atoms with Gasteiger partial charge in [-0.3, -0.25) is 9.59 Å². The molecule has 2 aromatic rings. The third-order valence-corrected chi connectivity index (χ3v) is 4.66. The molecule has 0 fully saturated rings. The maximum Gasteiger partial charge on any atom is 0.302 e. The van der Waals surface area contributed by atoms with Crippen molar-refractivity contribution in [1.29, 1.82) is 0 Å². The van der Waals surface area contributed by atoms with Crippen LogP contribution in [0.15, 0.2) is 42.5 Å². The Hall–Kier alpha value is -3.02. The lowest BCUT2D eigenvalue weighted by molar-refractivity contribution is -0.144. The monoisotopic (exact) mass is 370 g/mol. The molecule has 0 bridgehead atoms. The van der Waals surface area contributed by atoms with Gasteiger partial charge in [-0.1, -0.05) is 18.2 Å². The van der Waals surface area contributed by atoms with Gasteiger partial charge in [0, 0.05) is 6.92 Å². The van der Waals surface area contributed by atoms with Crippen LogP contribution in [0.2, 0.25) is 0 Å². The van der Waals surface area contributed by atoms with Crippen molar-refractivity contribution >= 4 is 11.8 Å². The molecule has 1 heterocycles. The van der Waals surface area contributed by atoms with Gasteiger partial charge >= 0.3 is 5.97 Å². The zero-order chi connectivity index (χ0) is 19.4. The average Bonchev–Trinajstić information content (AvgIpc) is 2.69. The molecular formula is C21H22O6. The molecule has 0 aliphatic carbocycles. The number of carbonyl (C=O) groups is 2. The molecular weight excluding hydrogens is 348 g/mol. The zero-order valence-electron chi connectivity index (χ0n) is 15.6. The smallest absolute Gasteiger partial charge is 0.302 e. The average molecular weight is 370 g/mol. The highest BCUT2D eigenvalue weighted by Gasteiger charge is 2.45. The minimum Gasteiger partial charge on any atom is -0.493 e. The maximum absolute atomic E-state index is 13.3.